The first-order valence-electron chi connectivity index (χ1n) is 12.2. The normalized spacial score (nSPS) is 22.0. The molecule has 7 heteroatoms. The third kappa shape index (κ3) is 4.49. The Kier molecular flexibility index (Phi) is 6.34. The fourth-order valence-corrected chi connectivity index (χ4v) is 5.47. The fourth-order valence-electron chi connectivity index (χ4n) is 5.47. The van der Waals surface area contributed by atoms with Gasteiger partial charge in [-0.2, -0.15) is 5.10 Å². The number of likely N-dealkylation sites (tertiary alicyclic amines) is 1. The van der Waals surface area contributed by atoms with E-state index >= 15 is 0 Å². The lowest BCUT2D eigenvalue weighted by molar-refractivity contribution is 0.131. The molecule has 0 aliphatic carbocycles. The third-order valence-corrected chi connectivity index (χ3v) is 7.04. The van der Waals surface area contributed by atoms with Crippen molar-refractivity contribution in [2.75, 3.05) is 38.2 Å². The monoisotopic (exact) mass is 450 g/mol. The van der Waals surface area contributed by atoms with Gasteiger partial charge < -0.3 is 5.32 Å². The Bertz CT molecular complexity index is 1070. The number of benzene rings is 1. The molecule has 33 heavy (non-hydrogen) atoms. The molecule has 176 valence electrons. The Hall–Kier alpha value is -2.51. The van der Waals surface area contributed by atoms with Crippen LogP contribution in [-0.2, 0) is 6.42 Å². The first kappa shape index (κ1) is 22.3. The van der Waals surface area contributed by atoms with E-state index in [9.17, 15) is 4.39 Å². The second-order valence-electron chi connectivity index (χ2n) is 10.1. The minimum atomic E-state index is -0.233. The maximum atomic E-state index is 12.4. The van der Waals surface area contributed by atoms with Gasteiger partial charge in [0.05, 0.1) is 48.0 Å². The van der Waals surface area contributed by atoms with Gasteiger partial charge in [-0.3, -0.25) is 24.3 Å². The molecule has 0 radical (unpaired) electrons. The molecule has 2 aromatic heterocycles. The Balaban J connectivity index is 1.39. The summed E-state index contributed by atoms with van der Waals surface area (Å²) in [5.74, 6) is 0.578. The van der Waals surface area contributed by atoms with Gasteiger partial charge in [-0.25, -0.2) is 0 Å². The van der Waals surface area contributed by atoms with Crippen LogP contribution in [0.1, 0.15) is 50.1 Å². The summed E-state index contributed by atoms with van der Waals surface area (Å²) in [6.45, 7) is 10.5. The average molecular weight is 451 g/mol. The number of rotatable bonds is 8. The molecule has 5 rings (SSSR count). The van der Waals surface area contributed by atoms with Crippen molar-refractivity contribution in [3.8, 4) is 0 Å². The van der Waals surface area contributed by atoms with E-state index in [-0.39, 0.29) is 12.7 Å². The molecule has 0 bridgehead atoms. The van der Waals surface area contributed by atoms with Crippen LogP contribution in [0, 0.1) is 5.92 Å². The van der Waals surface area contributed by atoms with Crippen molar-refractivity contribution in [2.45, 2.75) is 51.7 Å². The van der Waals surface area contributed by atoms with E-state index in [0.29, 0.717) is 24.4 Å². The predicted molar refractivity (Wildman–Crippen MR) is 131 cm³/mol. The van der Waals surface area contributed by atoms with Gasteiger partial charge in [-0.15, -0.1) is 0 Å². The van der Waals surface area contributed by atoms with Gasteiger partial charge in [-0.05, 0) is 55.0 Å². The van der Waals surface area contributed by atoms with E-state index in [0.717, 1.165) is 49.5 Å². The van der Waals surface area contributed by atoms with Crippen LogP contribution in [0.3, 0.4) is 0 Å². The van der Waals surface area contributed by atoms with E-state index in [4.69, 9.17) is 4.98 Å². The molecule has 1 aromatic carbocycles. The van der Waals surface area contributed by atoms with Crippen LogP contribution in [0.25, 0.3) is 10.9 Å². The first-order valence-corrected chi connectivity index (χ1v) is 12.2. The zero-order valence-corrected chi connectivity index (χ0v) is 19.9. The molecule has 2 N–H and O–H groups in total. The largest absolute Gasteiger partial charge is 0.378 e. The van der Waals surface area contributed by atoms with E-state index in [1.165, 1.54) is 16.5 Å². The van der Waals surface area contributed by atoms with Crippen molar-refractivity contribution >= 4 is 16.6 Å². The number of nitrogens with zero attached hydrogens (tertiary/aromatic N) is 4. The lowest BCUT2D eigenvalue weighted by Crippen LogP contribution is -2.54. The maximum Gasteiger partial charge on any atom is 0.0906 e. The average Bonchev–Trinajstić information content (AvgIpc) is 3.25. The standard InChI is InChI=1S/C26H35FN6/c1-17(2)14-33-18(3)11-22-21(6-8-24-23(22)13-29-31-24)26(33)25-7-5-19(12-28-25)30-20-15-32(16-20)10-4-9-27/h5-8,12-13,17-18,20,26,30H,4,9-11,14-16H2,1-3H3,(H,29,31)/t18-,26+/m1/s1. The van der Waals surface area contributed by atoms with Gasteiger partial charge in [0.1, 0.15) is 0 Å². The number of aromatic amines is 1. The summed E-state index contributed by atoms with van der Waals surface area (Å²) in [7, 11) is 0. The van der Waals surface area contributed by atoms with Crippen molar-refractivity contribution in [3.63, 3.8) is 0 Å². The summed E-state index contributed by atoms with van der Waals surface area (Å²) in [5, 5.41) is 12.2. The van der Waals surface area contributed by atoms with Gasteiger partial charge in [-0.1, -0.05) is 19.9 Å². The van der Waals surface area contributed by atoms with E-state index in [1.54, 1.807) is 0 Å². The number of hydrogen-bond donors (Lipinski definition) is 2. The van der Waals surface area contributed by atoms with Crippen LogP contribution in [0.5, 0.6) is 0 Å². The van der Waals surface area contributed by atoms with Crippen LogP contribution in [-0.4, -0.2) is 69.9 Å². The number of pyridine rings is 1. The highest BCUT2D eigenvalue weighted by Crippen LogP contribution is 2.40. The number of halogens is 1. The van der Waals surface area contributed by atoms with E-state index in [2.05, 4.69) is 70.4 Å². The first-order chi connectivity index (χ1) is 16.0. The molecule has 2 aliphatic heterocycles. The van der Waals surface area contributed by atoms with Crippen LogP contribution < -0.4 is 5.32 Å². The van der Waals surface area contributed by atoms with Crippen LogP contribution in [0.2, 0.25) is 0 Å². The summed E-state index contributed by atoms with van der Waals surface area (Å²) in [6, 6.07) is 9.73. The number of hydrogen-bond acceptors (Lipinski definition) is 5. The Labute approximate surface area is 195 Å². The summed E-state index contributed by atoms with van der Waals surface area (Å²) in [4.78, 5) is 9.86. The van der Waals surface area contributed by atoms with Crippen molar-refractivity contribution in [1.29, 1.82) is 0 Å². The van der Waals surface area contributed by atoms with Gasteiger partial charge in [0.15, 0.2) is 0 Å². The van der Waals surface area contributed by atoms with E-state index in [1.807, 2.05) is 12.4 Å². The van der Waals surface area contributed by atoms with Crippen LogP contribution >= 0.6 is 0 Å². The molecule has 2 atom stereocenters. The van der Waals surface area contributed by atoms with Crippen molar-refractivity contribution in [1.82, 2.24) is 25.0 Å². The van der Waals surface area contributed by atoms with E-state index < -0.39 is 0 Å². The quantitative estimate of drug-likeness (QED) is 0.533. The zero-order valence-electron chi connectivity index (χ0n) is 19.9. The molecule has 0 saturated carbocycles. The van der Waals surface area contributed by atoms with Crippen molar-refractivity contribution < 1.29 is 4.39 Å². The summed E-state index contributed by atoms with van der Waals surface area (Å²) < 4.78 is 12.4. The molecule has 1 saturated heterocycles. The number of anilines is 1. The van der Waals surface area contributed by atoms with Crippen LogP contribution in [0.15, 0.2) is 36.7 Å². The second-order valence-corrected chi connectivity index (χ2v) is 10.1. The topological polar surface area (TPSA) is 60.1 Å². The lowest BCUT2D eigenvalue weighted by atomic mass is 9.84. The number of alkyl halides is 1. The molecule has 0 unspecified atom stereocenters. The molecule has 4 heterocycles. The molecule has 0 amide bonds. The molecule has 6 nitrogen and oxygen atoms in total. The van der Waals surface area contributed by atoms with Gasteiger partial charge >= 0.3 is 0 Å². The minimum Gasteiger partial charge on any atom is -0.378 e. The van der Waals surface area contributed by atoms with Gasteiger partial charge in [0.2, 0.25) is 0 Å². The van der Waals surface area contributed by atoms with Crippen molar-refractivity contribution in [3.05, 3.63) is 53.5 Å². The van der Waals surface area contributed by atoms with Crippen LogP contribution in [0.4, 0.5) is 10.1 Å². The fraction of sp³-hybridized carbons (Fsp3) is 0.538. The molecule has 3 aromatic rings. The third-order valence-electron chi connectivity index (χ3n) is 7.04. The molecular weight excluding hydrogens is 415 g/mol. The highest BCUT2D eigenvalue weighted by molar-refractivity contribution is 5.83. The summed E-state index contributed by atoms with van der Waals surface area (Å²) >= 11 is 0. The number of aromatic nitrogens is 3. The smallest absolute Gasteiger partial charge is 0.0906 e. The highest BCUT2D eigenvalue weighted by atomic mass is 19.1. The predicted octanol–water partition coefficient (Wildman–Crippen LogP) is 4.41. The molecular formula is C26H35FN6. The number of nitrogens with one attached hydrogen (secondary N) is 2. The van der Waals surface area contributed by atoms with Gasteiger partial charge in [0, 0.05) is 37.6 Å². The molecule has 2 aliphatic rings. The maximum absolute atomic E-state index is 12.4. The Morgan fingerprint density at radius 1 is 1.18 bits per heavy atom. The molecule has 1 fully saturated rings. The Morgan fingerprint density at radius 3 is 2.76 bits per heavy atom. The summed E-state index contributed by atoms with van der Waals surface area (Å²) in [5.41, 5.74) is 5.99. The molecule has 0 spiro atoms. The zero-order chi connectivity index (χ0) is 22.9. The number of fused-ring (bicyclic) bond motifs is 3. The Morgan fingerprint density at radius 2 is 2.03 bits per heavy atom. The lowest BCUT2D eigenvalue weighted by Gasteiger charge is -2.43. The SMILES string of the molecule is CC(C)CN1[C@H](c2ccc(NC3CN(CCCF)C3)cn2)c2ccc3[nH]ncc3c2C[C@H]1C. The number of H-pyrrole nitrogens is 1. The summed E-state index contributed by atoms with van der Waals surface area (Å²) in [6.07, 6.45) is 5.59. The van der Waals surface area contributed by atoms with Crippen molar-refractivity contribution in [2.24, 2.45) is 5.92 Å². The highest BCUT2D eigenvalue weighted by Gasteiger charge is 2.35. The second kappa shape index (κ2) is 9.39. The van der Waals surface area contributed by atoms with Gasteiger partial charge in [0.25, 0.3) is 0 Å². The minimum absolute atomic E-state index is 0.138.